The predicted octanol–water partition coefficient (Wildman–Crippen LogP) is 1.75. The van der Waals surface area contributed by atoms with Crippen molar-refractivity contribution in [1.82, 2.24) is 9.80 Å². The van der Waals surface area contributed by atoms with Gasteiger partial charge in [0.15, 0.2) is 0 Å². The van der Waals surface area contributed by atoms with Gasteiger partial charge in [-0.1, -0.05) is 29.5 Å². The summed E-state index contributed by atoms with van der Waals surface area (Å²) in [7, 11) is 0. The Balaban J connectivity index is 2.12. The van der Waals surface area contributed by atoms with Crippen LogP contribution in [0.3, 0.4) is 0 Å². The van der Waals surface area contributed by atoms with Gasteiger partial charge in [-0.2, -0.15) is 0 Å². The molecule has 4 heteroatoms. The van der Waals surface area contributed by atoms with Gasteiger partial charge in [-0.3, -0.25) is 9.69 Å². The zero-order valence-electron chi connectivity index (χ0n) is 9.71. The summed E-state index contributed by atoms with van der Waals surface area (Å²) in [6.45, 7) is 9.04. The average Bonchev–Trinajstić information content (AvgIpc) is 2.18. The van der Waals surface area contributed by atoms with Gasteiger partial charge in [0.1, 0.15) is 0 Å². The van der Waals surface area contributed by atoms with Crippen molar-refractivity contribution in [3.8, 4) is 0 Å². The second-order valence-corrected chi connectivity index (χ2v) is 6.40. The van der Waals surface area contributed by atoms with E-state index in [9.17, 15) is 4.79 Å². The van der Waals surface area contributed by atoms with Crippen LogP contribution in [0.1, 0.15) is 26.7 Å². The lowest BCUT2D eigenvalue weighted by Crippen LogP contribution is -2.48. The SMILES string of the molecule is CC(=O)N1CCN(CCCC(C)I)CC1. The van der Waals surface area contributed by atoms with Gasteiger partial charge in [-0.15, -0.1) is 0 Å². The molecule has 0 bridgehead atoms. The van der Waals surface area contributed by atoms with Crippen molar-refractivity contribution in [3.63, 3.8) is 0 Å². The molecule has 15 heavy (non-hydrogen) atoms. The van der Waals surface area contributed by atoms with Gasteiger partial charge in [-0.05, 0) is 19.4 Å². The molecule has 1 unspecified atom stereocenters. The fraction of sp³-hybridized carbons (Fsp3) is 0.909. The number of hydrogen-bond donors (Lipinski definition) is 0. The lowest BCUT2D eigenvalue weighted by molar-refractivity contribution is -0.130. The zero-order chi connectivity index (χ0) is 11.3. The Morgan fingerprint density at radius 2 is 1.93 bits per heavy atom. The molecule has 0 saturated carbocycles. The van der Waals surface area contributed by atoms with E-state index in [1.807, 2.05) is 4.90 Å². The van der Waals surface area contributed by atoms with E-state index in [1.54, 1.807) is 6.92 Å². The molecule has 1 fully saturated rings. The van der Waals surface area contributed by atoms with Crippen molar-refractivity contribution < 1.29 is 4.79 Å². The Hall–Kier alpha value is 0.160. The molecule has 0 aliphatic carbocycles. The van der Waals surface area contributed by atoms with Crippen molar-refractivity contribution in [3.05, 3.63) is 0 Å². The van der Waals surface area contributed by atoms with E-state index >= 15 is 0 Å². The normalized spacial score (nSPS) is 20.3. The second kappa shape index (κ2) is 6.68. The molecule has 1 heterocycles. The molecule has 0 aromatic carbocycles. The fourth-order valence-electron chi connectivity index (χ4n) is 1.88. The first-order valence-electron chi connectivity index (χ1n) is 5.71. The van der Waals surface area contributed by atoms with Crippen LogP contribution in [-0.4, -0.2) is 52.4 Å². The van der Waals surface area contributed by atoms with E-state index in [0.717, 1.165) is 30.1 Å². The zero-order valence-corrected chi connectivity index (χ0v) is 11.9. The van der Waals surface area contributed by atoms with Crippen LogP contribution < -0.4 is 0 Å². The maximum atomic E-state index is 11.1. The lowest BCUT2D eigenvalue weighted by atomic mass is 10.2. The molecule has 1 aliphatic rings. The molecule has 0 aromatic heterocycles. The Morgan fingerprint density at radius 3 is 2.40 bits per heavy atom. The number of carbonyl (C=O) groups is 1. The third-order valence-electron chi connectivity index (χ3n) is 2.89. The number of amides is 1. The highest BCUT2D eigenvalue weighted by Crippen LogP contribution is 2.09. The molecule has 0 N–H and O–H groups in total. The molecule has 1 amide bonds. The van der Waals surface area contributed by atoms with E-state index < -0.39 is 0 Å². The van der Waals surface area contributed by atoms with Crippen LogP contribution in [0.5, 0.6) is 0 Å². The first kappa shape index (κ1) is 13.2. The van der Waals surface area contributed by atoms with Crippen molar-refractivity contribution in [2.24, 2.45) is 0 Å². The van der Waals surface area contributed by atoms with Gasteiger partial charge in [0.05, 0.1) is 0 Å². The monoisotopic (exact) mass is 324 g/mol. The Kier molecular flexibility index (Phi) is 5.89. The summed E-state index contributed by atoms with van der Waals surface area (Å²) < 4.78 is 0.779. The van der Waals surface area contributed by atoms with Gasteiger partial charge >= 0.3 is 0 Å². The van der Waals surface area contributed by atoms with Crippen LogP contribution in [0, 0.1) is 0 Å². The molecule has 3 nitrogen and oxygen atoms in total. The van der Waals surface area contributed by atoms with Crippen molar-refractivity contribution in [1.29, 1.82) is 0 Å². The topological polar surface area (TPSA) is 23.6 Å². The summed E-state index contributed by atoms with van der Waals surface area (Å²) in [4.78, 5) is 15.5. The van der Waals surface area contributed by atoms with Crippen LogP contribution in [0.25, 0.3) is 0 Å². The van der Waals surface area contributed by atoms with Crippen LogP contribution in [-0.2, 0) is 4.79 Å². The Morgan fingerprint density at radius 1 is 1.33 bits per heavy atom. The van der Waals surface area contributed by atoms with Crippen LogP contribution >= 0.6 is 22.6 Å². The van der Waals surface area contributed by atoms with E-state index in [1.165, 1.54) is 19.4 Å². The van der Waals surface area contributed by atoms with Crippen molar-refractivity contribution in [2.75, 3.05) is 32.7 Å². The van der Waals surface area contributed by atoms with Gasteiger partial charge in [0, 0.05) is 37.0 Å². The Bertz CT molecular complexity index is 201. The Labute approximate surface area is 106 Å². The molecule has 0 aromatic rings. The highest BCUT2D eigenvalue weighted by molar-refractivity contribution is 14.1. The summed E-state index contributed by atoms with van der Waals surface area (Å²) in [5.41, 5.74) is 0. The molecule has 1 aliphatic heterocycles. The second-order valence-electron chi connectivity index (χ2n) is 4.27. The van der Waals surface area contributed by atoms with Crippen molar-refractivity contribution in [2.45, 2.75) is 30.6 Å². The highest BCUT2D eigenvalue weighted by Gasteiger charge is 2.17. The summed E-state index contributed by atoms with van der Waals surface area (Å²) in [5, 5.41) is 0. The summed E-state index contributed by atoms with van der Waals surface area (Å²) in [6, 6.07) is 0. The molecule has 1 saturated heterocycles. The van der Waals surface area contributed by atoms with Crippen LogP contribution in [0.4, 0.5) is 0 Å². The number of carbonyl (C=O) groups excluding carboxylic acids is 1. The third-order valence-corrected chi connectivity index (χ3v) is 3.52. The number of halogens is 1. The number of piperazine rings is 1. The quantitative estimate of drug-likeness (QED) is 0.581. The van der Waals surface area contributed by atoms with E-state index in [-0.39, 0.29) is 5.91 Å². The number of rotatable bonds is 4. The smallest absolute Gasteiger partial charge is 0.219 e. The number of hydrogen-bond acceptors (Lipinski definition) is 2. The molecular weight excluding hydrogens is 303 g/mol. The minimum atomic E-state index is 0.218. The van der Waals surface area contributed by atoms with Gasteiger partial charge in [0.25, 0.3) is 0 Å². The molecule has 0 radical (unpaired) electrons. The maximum absolute atomic E-state index is 11.1. The summed E-state index contributed by atoms with van der Waals surface area (Å²) in [6.07, 6.45) is 2.58. The average molecular weight is 324 g/mol. The molecule has 1 atom stereocenters. The first-order valence-corrected chi connectivity index (χ1v) is 6.96. The molecule has 1 rings (SSSR count). The van der Waals surface area contributed by atoms with Crippen LogP contribution in [0.15, 0.2) is 0 Å². The fourth-order valence-corrected chi connectivity index (χ4v) is 2.32. The minimum Gasteiger partial charge on any atom is -0.340 e. The van der Waals surface area contributed by atoms with E-state index in [4.69, 9.17) is 0 Å². The number of alkyl halides is 1. The minimum absolute atomic E-state index is 0.218. The summed E-state index contributed by atoms with van der Waals surface area (Å²) >= 11 is 2.48. The number of nitrogens with zero attached hydrogens (tertiary/aromatic N) is 2. The summed E-state index contributed by atoms with van der Waals surface area (Å²) in [5.74, 6) is 0.218. The van der Waals surface area contributed by atoms with Crippen molar-refractivity contribution >= 4 is 28.5 Å². The largest absolute Gasteiger partial charge is 0.340 e. The highest BCUT2D eigenvalue weighted by atomic mass is 127. The maximum Gasteiger partial charge on any atom is 0.219 e. The van der Waals surface area contributed by atoms with E-state index in [2.05, 4.69) is 34.4 Å². The van der Waals surface area contributed by atoms with E-state index in [0.29, 0.717) is 0 Å². The predicted molar refractivity (Wildman–Crippen MR) is 71.4 cm³/mol. The van der Waals surface area contributed by atoms with Gasteiger partial charge in [-0.25, -0.2) is 0 Å². The standard InChI is InChI=1S/C11H21IN2O/c1-10(12)4-3-5-13-6-8-14(9-7-13)11(2)15/h10H,3-9H2,1-2H3. The first-order chi connectivity index (χ1) is 7.09. The molecular formula is C11H21IN2O. The lowest BCUT2D eigenvalue weighted by Gasteiger charge is -2.34. The van der Waals surface area contributed by atoms with Gasteiger partial charge < -0.3 is 4.90 Å². The van der Waals surface area contributed by atoms with Crippen LogP contribution in [0.2, 0.25) is 0 Å². The molecule has 0 spiro atoms. The third kappa shape index (κ3) is 5.15. The van der Waals surface area contributed by atoms with Gasteiger partial charge in [0.2, 0.25) is 5.91 Å². The molecule has 88 valence electrons.